The third kappa shape index (κ3) is 2.26. The standard InChI is InChI=1S/C11H14N2OS/c1-7(2)14-8-3-4-9-10(5-8)13-11(6-15)12-9/h3-5,7,15H,6H2,1-2H3,(H,12,13). The molecule has 0 amide bonds. The van der Waals surface area contributed by atoms with E-state index in [1.807, 2.05) is 32.0 Å². The van der Waals surface area contributed by atoms with Gasteiger partial charge in [0.1, 0.15) is 11.6 Å². The van der Waals surface area contributed by atoms with Gasteiger partial charge in [0.05, 0.1) is 17.1 Å². The monoisotopic (exact) mass is 222 g/mol. The number of imidazole rings is 1. The van der Waals surface area contributed by atoms with Gasteiger partial charge in [0.25, 0.3) is 0 Å². The molecule has 0 unspecified atom stereocenters. The van der Waals surface area contributed by atoms with Crippen molar-refractivity contribution in [3.8, 4) is 5.75 Å². The van der Waals surface area contributed by atoms with Gasteiger partial charge >= 0.3 is 0 Å². The SMILES string of the molecule is CC(C)Oc1ccc2nc(CS)[nH]c2c1. The van der Waals surface area contributed by atoms with Gasteiger partial charge in [0.2, 0.25) is 0 Å². The Morgan fingerprint density at radius 2 is 2.27 bits per heavy atom. The van der Waals surface area contributed by atoms with E-state index in [9.17, 15) is 0 Å². The van der Waals surface area contributed by atoms with E-state index in [1.165, 1.54) is 0 Å². The first-order valence-electron chi connectivity index (χ1n) is 4.95. The Balaban J connectivity index is 2.37. The first-order chi connectivity index (χ1) is 7.19. The van der Waals surface area contributed by atoms with Gasteiger partial charge in [-0.3, -0.25) is 0 Å². The minimum atomic E-state index is 0.190. The van der Waals surface area contributed by atoms with Crippen LogP contribution in [0.15, 0.2) is 18.2 Å². The Morgan fingerprint density at radius 1 is 1.47 bits per heavy atom. The molecular formula is C11H14N2OS. The lowest BCUT2D eigenvalue weighted by Crippen LogP contribution is -2.05. The zero-order chi connectivity index (χ0) is 10.8. The second-order valence-corrected chi connectivity index (χ2v) is 4.00. The molecule has 4 heteroatoms. The maximum atomic E-state index is 5.60. The van der Waals surface area contributed by atoms with Gasteiger partial charge in [-0.15, -0.1) is 0 Å². The highest BCUT2D eigenvalue weighted by Gasteiger charge is 2.03. The molecule has 0 bridgehead atoms. The summed E-state index contributed by atoms with van der Waals surface area (Å²) in [5.41, 5.74) is 1.95. The van der Waals surface area contributed by atoms with E-state index < -0.39 is 0 Å². The number of ether oxygens (including phenoxy) is 1. The summed E-state index contributed by atoms with van der Waals surface area (Å²) in [5.74, 6) is 2.37. The number of aromatic amines is 1. The van der Waals surface area contributed by atoms with E-state index in [-0.39, 0.29) is 6.10 Å². The van der Waals surface area contributed by atoms with E-state index in [2.05, 4.69) is 22.6 Å². The molecular weight excluding hydrogens is 208 g/mol. The largest absolute Gasteiger partial charge is 0.491 e. The van der Waals surface area contributed by atoms with Crippen LogP contribution in [0.1, 0.15) is 19.7 Å². The summed E-state index contributed by atoms with van der Waals surface area (Å²) < 4.78 is 5.60. The van der Waals surface area contributed by atoms with Crippen molar-refractivity contribution in [1.29, 1.82) is 0 Å². The van der Waals surface area contributed by atoms with Crippen LogP contribution in [0.25, 0.3) is 11.0 Å². The molecule has 0 aliphatic carbocycles. The van der Waals surface area contributed by atoms with E-state index in [0.717, 1.165) is 22.6 Å². The fourth-order valence-corrected chi connectivity index (χ4v) is 1.61. The summed E-state index contributed by atoms with van der Waals surface area (Å²) in [7, 11) is 0. The van der Waals surface area contributed by atoms with Crippen molar-refractivity contribution in [3.63, 3.8) is 0 Å². The van der Waals surface area contributed by atoms with Crippen molar-refractivity contribution in [2.75, 3.05) is 0 Å². The lowest BCUT2D eigenvalue weighted by Gasteiger charge is -2.08. The summed E-state index contributed by atoms with van der Waals surface area (Å²) in [6.07, 6.45) is 0.190. The Hall–Kier alpha value is -1.16. The maximum Gasteiger partial charge on any atom is 0.121 e. The fourth-order valence-electron chi connectivity index (χ4n) is 1.46. The second kappa shape index (κ2) is 4.14. The number of nitrogens with one attached hydrogen (secondary N) is 1. The van der Waals surface area contributed by atoms with Crippen molar-refractivity contribution in [3.05, 3.63) is 24.0 Å². The Labute approximate surface area is 94.3 Å². The van der Waals surface area contributed by atoms with Crippen molar-refractivity contribution >= 4 is 23.7 Å². The van der Waals surface area contributed by atoms with Crippen LogP contribution >= 0.6 is 12.6 Å². The molecule has 1 N–H and O–H groups in total. The van der Waals surface area contributed by atoms with Gasteiger partial charge in [-0.1, -0.05) is 0 Å². The van der Waals surface area contributed by atoms with Crippen LogP contribution in [0.4, 0.5) is 0 Å². The van der Waals surface area contributed by atoms with E-state index in [0.29, 0.717) is 5.75 Å². The zero-order valence-electron chi connectivity index (χ0n) is 8.82. The average Bonchev–Trinajstić information content (AvgIpc) is 2.58. The molecule has 1 heterocycles. The number of fused-ring (bicyclic) bond motifs is 1. The molecule has 0 spiro atoms. The molecule has 0 saturated heterocycles. The number of thiol groups is 1. The van der Waals surface area contributed by atoms with Crippen LogP contribution in [0.5, 0.6) is 5.75 Å². The topological polar surface area (TPSA) is 37.9 Å². The van der Waals surface area contributed by atoms with Crippen LogP contribution in [-0.4, -0.2) is 16.1 Å². The lowest BCUT2D eigenvalue weighted by molar-refractivity contribution is 0.242. The molecule has 0 aliphatic heterocycles. The van der Waals surface area contributed by atoms with Gasteiger partial charge < -0.3 is 9.72 Å². The third-order valence-electron chi connectivity index (χ3n) is 2.02. The second-order valence-electron chi connectivity index (χ2n) is 3.69. The first kappa shape index (κ1) is 10.4. The van der Waals surface area contributed by atoms with Gasteiger partial charge in [0, 0.05) is 11.8 Å². The van der Waals surface area contributed by atoms with E-state index in [1.54, 1.807) is 0 Å². The van der Waals surface area contributed by atoms with Gasteiger partial charge in [0.15, 0.2) is 0 Å². The number of hydrogen-bond donors (Lipinski definition) is 2. The lowest BCUT2D eigenvalue weighted by atomic mass is 10.3. The molecule has 1 aromatic heterocycles. The highest BCUT2D eigenvalue weighted by atomic mass is 32.1. The Morgan fingerprint density at radius 3 is 2.93 bits per heavy atom. The predicted octanol–water partition coefficient (Wildman–Crippen LogP) is 2.78. The van der Waals surface area contributed by atoms with Gasteiger partial charge in [-0.25, -0.2) is 4.98 Å². The van der Waals surface area contributed by atoms with Crippen LogP contribution in [0.3, 0.4) is 0 Å². The van der Waals surface area contributed by atoms with Crippen LogP contribution in [0.2, 0.25) is 0 Å². The molecule has 2 aromatic rings. The minimum absolute atomic E-state index is 0.190. The fraction of sp³-hybridized carbons (Fsp3) is 0.364. The molecule has 80 valence electrons. The number of hydrogen-bond acceptors (Lipinski definition) is 3. The highest BCUT2D eigenvalue weighted by molar-refractivity contribution is 7.79. The molecule has 0 saturated carbocycles. The molecule has 0 fully saturated rings. The normalized spacial score (nSPS) is 11.2. The number of rotatable bonds is 3. The summed E-state index contributed by atoms with van der Waals surface area (Å²) in [5, 5.41) is 0. The van der Waals surface area contributed by atoms with Crippen LogP contribution in [-0.2, 0) is 5.75 Å². The van der Waals surface area contributed by atoms with E-state index >= 15 is 0 Å². The highest BCUT2D eigenvalue weighted by Crippen LogP contribution is 2.20. The Bertz CT molecular complexity index is 465. The summed E-state index contributed by atoms with van der Waals surface area (Å²) in [6.45, 7) is 4.02. The first-order valence-corrected chi connectivity index (χ1v) is 5.58. The zero-order valence-corrected chi connectivity index (χ0v) is 9.71. The summed E-state index contributed by atoms with van der Waals surface area (Å²) in [6, 6.07) is 5.86. The van der Waals surface area contributed by atoms with Crippen molar-refractivity contribution in [2.24, 2.45) is 0 Å². The summed E-state index contributed by atoms with van der Waals surface area (Å²) >= 11 is 4.18. The minimum Gasteiger partial charge on any atom is -0.491 e. The number of aromatic nitrogens is 2. The maximum absolute atomic E-state index is 5.60. The molecule has 2 rings (SSSR count). The molecule has 15 heavy (non-hydrogen) atoms. The molecule has 0 radical (unpaired) electrons. The van der Waals surface area contributed by atoms with Crippen molar-refractivity contribution in [1.82, 2.24) is 9.97 Å². The quantitative estimate of drug-likeness (QED) is 0.784. The van der Waals surface area contributed by atoms with Gasteiger partial charge in [-0.05, 0) is 26.0 Å². The number of nitrogens with zero attached hydrogens (tertiary/aromatic N) is 1. The third-order valence-corrected chi connectivity index (χ3v) is 2.32. The molecule has 0 atom stereocenters. The van der Waals surface area contributed by atoms with Crippen molar-refractivity contribution in [2.45, 2.75) is 25.7 Å². The molecule has 0 aliphatic rings. The average molecular weight is 222 g/mol. The van der Waals surface area contributed by atoms with Crippen molar-refractivity contribution < 1.29 is 4.74 Å². The predicted molar refractivity (Wildman–Crippen MR) is 64.5 cm³/mol. The molecule has 1 aromatic carbocycles. The van der Waals surface area contributed by atoms with Crippen LogP contribution in [0, 0.1) is 0 Å². The number of H-pyrrole nitrogens is 1. The molecule has 3 nitrogen and oxygen atoms in total. The number of benzene rings is 1. The van der Waals surface area contributed by atoms with Crippen LogP contribution < -0.4 is 4.74 Å². The van der Waals surface area contributed by atoms with Gasteiger partial charge in [-0.2, -0.15) is 12.6 Å². The smallest absolute Gasteiger partial charge is 0.121 e. The summed E-state index contributed by atoms with van der Waals surface area (Å²) in [4.78, 5) is 7.56. The van der Waals surface area contributed by atoms with E-state index in [4.69, 9.17) is 4.74 Å². The Kier molecular flexibility index (Phi) is 2.86.